The van der Waals surface area contributed by atoms with Crippen LogP contribution >= 0.6 is 0 Å². The monoisotopic (exact) mass is 275 g/mol. The molecule has 2 rings (SSSR count). The zero-order valence-corrected chi connectivity index (χ0v) is 11.5. The van der Waals surface area contributed by atoms with Crippen molar-refractivity contribution < 1.29 is 9.53 Å². The van der Waals surface area contributed by atoms with Crippen LogP contribution in [0, 0.1) is 0 Å². The molecule has 106 valence electrons. The number of hydrogen-bond donors (Lipinski definition) is 2. The van der Waals surface area contributed by atoms with Gasteiger partial charge in [-0.3, -0.25) is 9.48 Å². The predicted octanol–water partition coefficient (Wildman–Crippen LogP) is 0.819. The second-order valence-corrected chi connectivity index (χ2v) is 4.18. The molecule has 0 aromatic carbocycles. The lowest BCUT2D eigenvalue weighted by atomic mass is 10.2. The van der Waals surface area contributed by atoms with E-state index < -0.39 is 0 Å². The van der Waals surface area contributed by atoms with Crippen molar-refractivity contribution in [1.82, 2.24) is 20.1 Å². The van der Waals surface area contributed by atoms with Crippen LogP contribution in [0.15, 0.2) is 24.5 Å². The molecule has 0 bridgehead atoms. The first kappa shape index (κ1) is 13.9. The molecule has 0 fully saturated rings. The average Bonchev–Trinajstić information content (AvgIpc) is 2.86. The van der Waals surface area contributed by atoms with E-state index in [1.165, 1.54) is 0 Å². The molecule has 0 aliphatic carbocycles. The number of nitrogens with two attached hydrogens (primary N) is 1. The Labute approximate surface area is 116 Å². The van der Waals surface area contributed by atoms with Crippen LogP contribution in [0.3, 0.4) is 0 Å². The first-order valence-electron chi connectivity index (χ1n) is 6.24. The van der Waals surface area contributed by atoms with Crippen molar-refractivity contribution in [3.05, 3.63) is 35.8 Å². The Morgan fingerprint density at radius 3 is 2.85 bits per heavy atom. The maximum Gasteiger partial charge on any atom is 0.274 e. The third kappa shape index (κ3) is 3.05. The van der Waals surface area contributed by atoms with Crippen LogP contribution in [-0.4, -0.2) is 27.8 Å². The molecule has 0 saturated heterocycles. The molecule has 7 nitrogen and oxygen atoms in total. The van der Waals surface area contributed by atoms with E-state index in [0.717, 1.165) is 5.56 Å². The minimum absolute atomic E-state index is 0.244. The van der Waals surface area contributed by atoms with Gasteiger partial charge >= 0.3 is 0 Å². The van der Waals surface area contributed by atoms with E-state index in [1.54, 1.807) is 30.3 Å². The molecule has 0 aliphatic heterocycles. The Morgan fingerprint density at radius 2 is 2.30 bits per heavy atom. The summed E-state index contributed by atoms with van der Waals surface area (Å²) >= 11 is 0. The van der Waals surface area contributed by atoms with Gasteiger partial charge in [0.05, 0.1) is 12.8 Å². The third-order valence-electron chi connectivity index (χ3n) is 2.79. The SMILES string of the molecule is CCn1cc(N)c(C(=O)NCc2ccc(OC)nc2)n1. The van der Waals surface area contributed by atoms with Crippen LogP contribution in [0.2, 0.25) is 0 Å². The second-order valence-electron chi connectivity index (χ2n) is 4.18. The molecule has 7 heteroatoms. The molecule has 0 unspecified atom stereocenters. The van der Waals surface area contributed by atoms with Crippen LogP contribution in [0.4, 0.5) is 5.69 Å². The lowest BCUT2D eigenvalue weighted by Crippen LogP contribution is -2.24. The van der Waals surface area contributed by atoms with Gasteiger partial charge in [-0.2, -0.15) is 5.10 Å². The lowest BCUT2D eigenvalue weighted by molar-refractivity contribution is 0.0946. The highest BCUT2D eigenvalue weighted by Gasteiger charge is 2.14. The van der Waals surface area contributed by atoms with Crippen LogP contribution in [0.1, 0.15) is 23.0 Å². The van der Waals surface area contributed by atoms with Gasteiger partial charge in [0, 0.05) is 31.5 Å². The van der Waals surface area contributed by atoms with Gasteiger partial charge in [0.2, 0.25) is 5.88 Å². The minimum Gasteiger partial charge on any atom is -0.481 e. The number of pyridine rings is 1. The Kier molecular flexibility index (Phi) is 4.19. The van der Waals surface area contributed by atoms with Crippen molar-refractivity contribution in [2.75, 3.05) is 12.8 Å². The minimum atomic E-state index is -0.300. The topological polar surface area (TPSA) is 95.1 Å². The summed E-state index contributed by atoms with van der Waals surface area (Å²) < 4.78 is 6.59. The number of ether oxygens (including phenoxy) is 1. The summed E-state index contributed by atoms with van der Waals surface area (Å²) in [7, 11) is 1.55. The summed E-state index contributed by atoms with van der Waals surface area (Å²) in [5, 5.41) is 6.87. The average molecular weight is 275 g/mol. The zero-order chi connectivity index (χ0) is 14.5. The van der Waals surface area contributed by atoms with Crippen molar-refractivity contribution >= 4 is 11.6 Å². The van der Waals surface area contributed by atoms with E-state index in [0.29, 0.717) is 24.7 Å². The van der Waals surface area contributed by atoms with Gasteiger partial charge in [0.1, 0.15) is 0 Å². The van der Waals surface area contributed by atoms with E-state index in [-0.39, 0.29) is 11.6 Å². The van der Waals surface area contributed by atoms with Gasteiger partial charge in [0.25, 0.3) is 5.91 Å². The highest BCUT2D eigenvalue weighted by atomic mass is 16.5. The number of nitrogens with one attached hydrogen (secondary N) is 1. The summed E-state index contributed by atoms with van der Waals surface area (Å²) in [5.41, 5.74) is 7.24. The molecule has 0 saturated carbocycles. The number of methoxy groups -OCH3 is 1. The predicted molar refractivity (Wildman–Crippen MR) is 74.3 cm³/mol. The Balaban J connectivity index is 1.98. The fraction of sp³-hybridized carbons (Fsp3) is 0.308. The van der Waals surface area contributed by atoms with Crippen LogP contribution in [0.5, 0.6) is 5.88 Å². The number of carbonyl (C=O) groups excluding carboxylic acids is 1. The standard InChI is InChI=1S/C13H17N5O2/c1-3-18-8-10(14)12(17-18)13(19)16-7-9-4-5-11(20-2)15-6-9/h4-6,8H,3,7,14H2,1-2H3,(H,16,19). The van der Waals surface area contributed by atoms with E-state index in [9.17, 15) is 4.79 Å². The molecule has 3 N–H and O–H groups in total. The Hall–Kier alpha value is -2.57. The van der Waals surface area contributed by atoms with Crippen molar-refractivity contribution in [1.29, 1.82) is 0 Å². The zero-order valence-electron chi connectivity index (χ0n) is 11.5. The van der Waals surface area contributed by atoms with Crippen molar-refractivity contribution in [2.45, 2.75) is 20.0 Å². The van der Waals surface area contributed by atoms with Gasteiger partial charge in [-0.1, -0.05) is 6.07 Å². The smallest absolute Gasteiger partial charge is 0.274 e. The van der Waals surface area contributed by atoms with Crippen LogP contribution in [0.25, 0.3) is 0 Å². The molecular formula is C13H17N5O2. The molecule has 0 atom stereocenters. The molecule has 1 amide bonds. The van der Waals surface area contributed by atoms with E-state index in [2.05, 4.69) is 15.4 Å². The van der Waals surface area contributed by atoms with Crippen LogP contribution < -0.4 is 15.8 Å². The molecule has 0 aliphatic rings. The van der Waals surface area contributed by atoms with Gasteiger partial charge in [-0.05, 0) is 12.5 Å². The summed E-state index contributed by atoms with van der Waals surface area (Å²) in [6.07, 6.45) is 3.29. The maximum atomic E-state index is 12.0. The van der Waals surface area contributed by atoms with Crippen molar-refractivity contribution in [3.63, 3.8) is 0 Å². The molecular weight excluding hydrogens is 258 g/mol. The summed E-state index contributed by atoms with van der Waals surface area (Å²) in [6, 6.07) is 3.57. The normalized spacial score (nSPS) is 10.3. The number of nitrogens with zero attached hydrogens (tertiary/aromatic N) is 3. The first-order valence-corrected chi connectivity index (χ1v) is 6.24. The van der Waals surface area contributed by atoms with Crippen molar-refractivity contribution in [3.8, 4) is 5.88 Å². The number of amides is 1. The Bertz CT molecular complexity index is 591. The summed E-state index contributed by atoms with van der Waals surface area (Å²) in [4.78, 5) is 16.0. The molecule has 2 aromatic rings. The molecule has 0 spiro atoms. The van der Waals surface area contributed by atoms with Gasteiger partial charge in [-0.15, -0.1) is 0 Å². The van der Waals surface area contributed by atoms with Gasteiger partial charge < -0.3 is 15.8 Å². The number of nitrogen functional groups attached to an aromatic ring is 1. The molecule has 20 heavy (non-hydrogen) atoms. The van der Waals surface area contributed by atoms with E-state index in [1.807, 2.05) is 13.0 Å². The number of aryl methyl sites for hydroxylation is 1. The number of aromatic nitrogens is 3. The number of anilines is 1. The molecule has 2 aromatic heterocycles. The summed E-state index contributed by atoms with van der Waals surface area (Å²) in [5.74, 6) is 0.233. The van der Waals surface area contributed by atoms with Gasteiger partial charge in [-0.25, -0.2) is 4.98 Å². The first-order chi connectivity index (χ1) is 9.63. The summed E-state index contributed by atoms with van der Waals surface area (Å²) in [6.45, 7) is 2.95. The molecule has 2 heterocycles. The highest BCUT2D eigenvalue weighted by molar-refractivity contribution is 5.96. The number of hydrogen-bond acceptors (Lipinski definition) is 5. The van der Waals surface area contributed by atoms with Crippen LogP contribution in [-0.2, 0) is 13.1 Å². The van der Waals surface area contributed by atoms with Crippen molar-refractivity contribution in [2.24, 2.45) is 0 Å². The second kappa shape index (κ2) is 6.05. The quantitative estimate of drug-likeness (QED) is 0.842. The fourth-order valence-corrected chi connectivity index (χ4v) is 1.68. The van der Waals surface area contributed by atoms with E-state index in [4.69, 9.17) is 10.5 Å². The molecule has 0 radical (unpaired) electrons. The maximum absolute atomic E-state index is 12.0. The van der Waals surface area contributed by atoms with E-state index >= 15 is 0 Å². The number of carbonyl (C=O) groups is 1. The lowest BCUT2D eigenvalue weighted by Gasteiger charge is -2.04. The largest absolute Gasteiger partial charge is 0.481 e. The number of rotatable bonds is 5. The highest BCUT2D eigenvalue weighted by Crippen LogP contribution is 2.10. The van der Waals surface area contributed by atoms with Gasteiger partial charge in [0.15, 0.2) is 5.69 Å². The third-order valence-corrected chi connectivity index (χ3v) is 2.79. The Morgan fingerprint density at radius 1 is 1.50 bits per heavy atom. The fourth-order valence-electron chi connectivity index (χ4n) is 1.68.